The number of alkyl halides is 3. The van der Waals surface area contributed by atoms with Gasteiger partial charge in [0.1, 0.15) is 6.54 Å². The number of hydrogen-bond acceptors (Lipinski definition) is 4. The molecular weight excluding hydrogens is 211 g/mol. The van der Waals surface area contributed by atoms with E-state index < -0.39 is 12.7 Å². The molecule has 1 aliphatic rings. The van der Waals surface area contributed by atoms with Crippen LogP contribution in [0.3, 0.4) is 0 Å². The minimum absolute atomic E-state index is 0.222. The van der Waals surface area contributed by atoms with Gasteiger partial charge in [-0.2, -0.15) is 13.2 Å². The molecule has 0 aromatic carbocycles. The average molecular weight is 221 g/mol. The minimum atomic E-state index is -4.29. The van der Waals surface area contributed by atoms with E-state index in [1.54, 1.807) is 0 Å². The predicted molar refractivity (Wildman–Crippen MR) is 43.7 cm³/mol. The Morgan fingerprint density at radius 3 is 2.73 bits per heavy atom. The number of tetrazole rings is 1. The molecule has 0 atom stereocenters. The Hall–Kier alpha value is -1.18. The molecule has 1 saturated carbocycles. The molecule has 8 heteroatoms. The summed E-state index contributed by atoms with van der Waals surface area (Å²) in [6.45, 7) is -0.852. The molecule has 1 heterocycles. The van der Waals surface area contributed by atoms with E-state index in [4.69, 9.17) is 0 Å². The van der Waals surface area contributed by atoms with E-state index in [1.165, 1.54) is 0 Å². The van der Waals surface area contributed by atoms with Crippen molar-refractivity contribution in [2.24, 2.45) is 0 Å². The summed E-state index contributed by atoms with van der Waals surface area (Å²) in [4.78, 5) is 0. The number of aromatic nitrogens is 4. The first-order chi connectivity index (χ1) is 7.04. The van der Waals surface area contributed by atoms with Crippen LogP contribution in [0.5, 0.6) is 0 Å². The van der Waals surface area contributed by atoms with Crippen molar-refractivity contribution in [1.29, 1.82) is 0 Å². The third-order valence-corrected chi connectivity index (χ3v) is 2.06. The van der Waals surface area contributed by atoms with Crippen molar-refractivity contribution in [3.63, 3.8) is 0 Å². The normalized spacial score (nSPS) is 17.0. The van der Waals surface area contributed by atoms with E-state index in [0.29, 0.717) is 6.04 Å². The zero-order valence-corrected chi connectivity index (χ0v) is 7.83. The number of rotatable bonds is 4. The monoisotopic (exact) mass is 221 g/mol. The highest BCUT2D eigenvalue weighted by Crippen LogP contribution is 2.20. The molecule has 1 fully saturated rings. The summed E-state index contributed by atoms with van der Waals surface area (Å²) in [5.41, 5.74) is 0. The maximum absolute atomic E-state index is 12.1. The molecule has 1 aliphatic carbocycles. The lowest BCUT2D eigenvalue weighted by Gasteiger charge is -2.07. The van der Waals surface area contributed by atoms with Gasteiger partial charge in [-0.3, -0.25) is 0 Å². The van der Waals surface area contributed by atoms with Crippen molar-refractivity contribution in [2.45, 2.75) is 38.1 Å². The van der Waals surface area contributed by atoms with Gasteiger partial charge in [0, 0.05) is 6.04 Å². The molecular formula is C7H10F3N5. The molecule has 1 N–H and O–H groups in total. The molecule has 0 amide bonds. The Bertz CT molecular complexity index is 330. The molecule has 0 radical (unpaired) electrons. The zero-order chi connectivity index (χ0) is 10.9. The third-order valence-electron chi connectivity index (χ3n) is 2.06. The molecule has 0 aliphatic heterocycles. The number of nitrogens with one attached hydrogen (secondary N) is 1. The van der Waals surface area contributed by atoms with E-state index >= 15 is 0 Å². The van der Waals surface area contributed by atoms with Gasteiger partial charge in [0.15, 0.2) is 5.82 Å². The second kappa shape index (κ2) is 3.76. The number of hydrogen-bond donors (Lipinski definition) is 1. The van der Waals surface area contributed by atoms with Crippen LogP contribution in [0.15, 0.2) is 0 Å². The largest absolute Gasteiger partial charge is 0.408 e. The van der Waals surface area contributed by atoms with Crippen LogP contribution < -0.4 is 5.32 Å². The van der Waals surface area contributed by atoms with Gasteiger partial charge in [-0.05, 0) is 23.3 Å². The molecule has 0 saturated heterocycles. The molecule has 2 rings (SSSR count). The van der Waals surface area contributed by atoms with Crippen LogP contribution in [0.25, 0.3) is 0 Å². The lowest BCUT2D eigenvalue weighted by molar-refractivity contribution is -0.143. The van der Waals surface area contributed by atoms with Crippen LogP contribution in [-0.4, -0.2) is 32.4 Å². The predicted octanol–water partition coefficient (Wildman–Crippen LogP) is 0.487. The molecule has 0 bridgehead atoms. The fourth-order valence-electron chi connectivity index (χ4n) is 1.17. The van der Waals surface area contributed by atoms with Gasteiger partial charge in [-0.25, -0.2) is 4.68 Å². The lowest BCUT2D eigenvalue weighted by Crippen LogP contribution is -2.24. The smallest absolute Gasteiger partial charge is 0.307 e. The summed E-state index contributed by atoms with van der Waals surface area (Å²) in [5.74, 6) is 0.222. The fourth-order valence-corrected chi connectivity index (χ4v) is 1.17. The van der Waals surface area contributed by atoms with Gasteiger partial charge < -0.3 is 5.32 Å². The van der Waals surface area contributed by atoms with Crippen molar-refractivity contribution in [2.75, 3.05) is 0 Å². The molecule has 84 valence electrons. The van der Waals surface area contributed by atoms with E-state index in [1.807, 2.05) is 0 Å². The van der Waals surface area contributed by atoms with Crippen molar-refractivity contribution in [3.05, 3.63) is 5.82 Å². The second-order valence-corrected chi connectivity index (χ2v) is 3.52. The van der Waals surface area contributed by atoms with E-state index in [-0.39, 0.29) is 12.4 Å². The SMILES string of the molecule is FC(F)(F)Cn1nnnc1CNC1CC1. The molecule has 0 spiro atoms. The van der Waals surface area contributed by atoms with E-state index in [0.717, 1.165) is 17.5 Å². The highest BCUT2D eigenvalue weighted by Gasteiger charge is 2.30. The highest BCUT2D eigenvalue weighted by atomic mass is 19.4. The zero-order valence-electron chi connectivity index (χ0n) is 7.83. The molecule has 1 aromatic heterocycles. The highest BCUT2D eigenvalue weighted by molar-refractivity contribution is 4.87. The summed E-state index contributed by atoms with van der Waals surface area (Å²) in [6.07, 6.45) is -2.15. The van der Waals surface area contributed by atoms with Crippen molar-refractivity contribution in [3.8, 4) is 0 Å². The quantitative estimate of drug-likeness (QED) is 0.803. The Kier molecular flexibility index (Phi) is 2.59. The Morgan fingerprint density at radius 1 is 1.40 bits per heavy atom. The van der Waals surface area contributed by atoms with Crippen LogP contribution in [-0.2, 0) is 13.1 Å². The van der Waals surface area contributed by atoms with Crippen LogP contribution in [0, 0.1) is 0 Å². The maximum atomic E-state index is 12.1. The first-order valence-electron chi connectivity index (χ1n) is 4.60. The van der Waals surface area contributed by atoms with Gasteiger partial charge in [0.2, 0.25) is 0 Å². The Balaban J connectivity index is 1.94. The van der Waals surface area contributed by atoms with Crippen molar-refractivity contribution >= 4 is 0 Å². The molecule has 0 unspecified atom stereocenters. The van der Waals surface area contributed by atoms with Gasteiger partial charge >= 0.3 is 6.18 Å². The summed E-state index contributed by atoms with van der Waals surface area (Å²) < 4.78 is 37.0. The first-order valence-corrected chi connectivity index (χ1v) is 4.60. The second-order valence-electron chi connectivity index (χ2n) is 3.52. The van der Waals surface area contributed by atoms with E-state index in [2.05, 4.69) is 20.8 Å². The number of halogens is 3. The van der Waals surface area contributed by atoms with Crippen molar-refractivity contribution < 1.29 is 13.2 Å². The third kappa shape index (κ3) is 3.15. The van der Waals surface area contributed by atoms with Crippen LogP contribution >= 0.6 is 0 Å². The topological polar surface area (TPSA) is 55.6 Å². The van der Waals surface area contributed by atoms with Crippen molar-refractivity contribution in [1.82, 2.24) is 25.5 Å². The van der Waals surface area contributed by atoms with Crippen LogP contribution in [0.1, 0.15) is 18.7 Å². The number of nitrogens with zero attached hydrogens (tertiary/aromatic N) is 4. The molecule has 5 nitrogen and oxygen atoms in total. The summed E-state index contributed by atoms with van der Waals surface area (Å²) in [7, 11) is 0. The molecule has 1 aromatic rings. The standard InChI is InChI=1S/C7H10F3N5/c8-7(9,10)4-15-6(12-13-14-15)3-11-5-1-2-5/h5,11H,1-4H2. The first kappa shape index (κ1) is 10.3. The van der Waals surface area contributed by atoms with E-state index in [9.17, 15) is 13.2 Å². The average Bonchev–Trinajstić information content (AvgIpc) is 2.84. The summed E-state index contributed by atoms with van der Waals surface area (Å²) in [5, 5.41) is 13.1. The van der Waals surface area contributed by atoms with Gasteiger partial charge in [-0.15, -0.1) is 5.10 Å². The summed E-state index contributed by atoms with van der Waals surface area (Å²) in [6, 6.07) is 0.418. The Morgan fingerprint density at radius 2 is 2.13 bits per heavy atom. The van der Waals surface area contributed by atoms with Gasteiger partial charge in [-0.1, -0.05) is 0 Å². The minimum Gasteiger partial charge on any atom is -0.307 e. The maximum Gasteiger partial charge on any atom is 0.408 e. The van der Waals surface area contributed by atoms with Gasteiger partial charge in [0.05, 0.1) is 6.54 Å². The van der Waals surface area contributed by atoms with Gasteiger partial charge in [0.25, 0.3) is 0 Å². The fraction of sp³-hybridized carbons (Fsp3) is 0.857. The van der Waals surface area contributed by atoms with Crippen LogP contribution in [0.2, 0.25) is 0 Å². The lowest BCUT2D eigenvalue weighted by atomic mass is 10.5. The molecule has 15 heavy (non-hydrogen) atoms. The summed E-state index contributed by atoms with van der Waals surface area (Å²) >= 11 is 0. The Labute approximate surface area is 83.6 Å². The van der Waals surface area contributed by atoms with Crippen LogP contribution in [0.4, 0.5) is 13.2 Å².